The van der Waals surface area contributed by atoms with Gasteiger partial charge in [-0.3, -0.25) is 10.1 Å². The van der Waals surface area contributed by atoms with Gasteiger partial charge in [-0.25, -0.2) is 34.3 Å². The highest BCUT2D eigenvalue weighted by Crippen LogP contribution is 2.37. The molecule has 16 heteroatoms. The zero-order chi connectivity index (χ0) is 33.1. The minimum Gasteiger partial charge on any atom is -0.421 e. The first-order valence-electron chi connectivity index (χ1n) is 14.1. The van der Waals surface area contributed by atoms with Crippen LogP contribution in [0.15, 0.2) is 79.5 Å². The molecule has 0 unspecified atom stereocenters. The van der Waals surface area contributed by atoms with Crippen molar-refractivity contribution in [1.29, 1.82) is 0 Å². The molecule has 0 bridgehead atoms. The molecule has 6 rings (SSSR count). The van der Waals surface area contributed by atoms with Crippen LogP contribution in [0.5, 0.6) is 17.5 Å². The number of benzene rings is 2. The topological polar surface area (TPSA) is 190 Å². The molecule has 1 amide bonds. The number of fused-ring (bicyclic) bond motifs is 1. The average Bonchev–Trinajstić information content (AvgIpc) is 3.35. The van der Waals surface area contributed by atoms with Crippen molar-refractivity contribution in [3.63, 3.8) is 0 Å². The Morgan fingerprint density at radius 2 is 1.77 bits per heavy atom. The van der Waals surface area contributed by atoms with E-state index in [0.29, 0.717) is 39.2 Å². The van der Waals surface area contributed by atoms with Crippen LogP contribution in [0.25, 0.3) is 28.0 Å². The third kappa shape index (κ3) is 6.81. The summed E-state index contributed by atoms with van der Waals surface area (Å²) in [5.41, 5.74) is 10.0. The van der Waals surface area contributed by atoms with Crippen molar-refractivity contribution in [3.05, 3.63) is 96.6 Å². The number of nitrogen functional groups attached to an aromatic ring is 1. The van der Waals surface area contributed by atoms with Crippen LogP contribution in [0.2, 0.25) is 0 Å². The molecule has 4 aromatic heterocycles. The van der Waals surface area contributed by atoms with Crippen molar-refractivity contribution >= 4 is 38.8 Å². The number of nitrogens with one attached hydrogen (secondary N) is 1. The predicted molar refractivity (Wildman–Crippen MR) is 170 cm³/mol. The summed E-state index contributed by atoms with van der Waals surface area (Å²) in [4.78, 5) is 37.7. The Labute approximate surface area is 267 Å². The molecule has 0 saturated carbocycles. The van der Waals surface area contributed by atoms with Crippen LogP contribution in [0.4, 0.5) is 16.2 Å². The van der Waals surface area contributed by atoms with Gasteiger partial charge in [0.05, 0.1) is 17.0 Å². The molecule has 0 aliphatic heterocycles. The lowest BCUT2D eigenvalue weighted by molar-refractivity contribution is -0.115. The Balaban J connectivity index is 1.25. The van der Waals surface area contributed by atoms with Crippen molar-refractivity contribution in [3.8, 4) is 34.5 Å². The van der Waals surface area contributed by atoms with Crippen LogP contribution in [0, 0.1) is 19.7 Å². The van der Waals surface area contributed by atoms with Gasteiger partial charge in [0, 0.05) is 53.6 Å². The van der Waals surface area contributed by atoms with E-state index in [0.717, 1.165) is 0 Å². The molecule has 3 N–H and O–H groups in total. The number of aryl methyl sites for hydroxylation is 2. The number of halogens is 1. The predicted octanol–water partition coefficient (Wildman–Crippen LogP) is 4.54. The summed E-state index contributed by atoms with van der Waals surface area (Å²) < 4.78 is 52.2. The second-order valence-corrected chi connectivity index (χ2v) is 11.9. The van der Waals surface area contributed by atoms with Crippen molar-refractivity contribution in [2.75, 3.05) is 16.8 Å². The highest BCUT2D eigenvalue weighted by molar-refractivity contribution is 7.87. The molecular formula is C31H26FN9O5S. The summed E-state index contributed by atoms with van der Waals surface area (Å²) in [5, 5.41) is 2.49. The molecule has 0 saturated heterocycles. The van der Waals surface area contributed by atoms with Gasteiger partial charge in [0.2, 0.25) is 11.9 Å². The Hall–Kier alpha value is -6.03. The fourth-order valence-corrected chi connectivity index (χ4v) is 5.67. The summed E-state index contributed by atoms with van der Waals surface area (Å²) >= 11 is 0. The van der Waals surface area contributed by atoms with E-state index in [-0.39, 0.29) is 35.7 Å². The van der Waals surface area contributed by atoms with Crippen LogP contribution in [-0.4, -0.2) is 54.5 Å². The maximum atomic E-state index is 15.4. The van der Waals surface area contributed by atoms with Crippen LogP contribution >= 0.6 is 0 Å². The second-order valence-electron chi connectivity index (χ2n) is 10.2. The molecule has 0 aliphatic rings. The maximum absolute atomic E-state index is 15.4. The van der Waals surface area contributed by atoms with Crippen LogP contribution in [-0.2, 0) is 14.9 Å². The monoisotopic (exact) mass is 655 g/mol. The van der Waals surface area contributed by atoms with E-state index in [4.69, 9.17) is 14.7 Å². The molecule has 0 aliphatic carbocycles. The van der Waals surface area contributed by atoms with E-state index in [1.165, 1.54) is 49.2 Å². The highest BCUT2D eigenvalue weighted by atomic mass is 32.2. The third-order valence-corrected chi connectivity index (χ3v) is 8.03. The zero-order valence-corrected chi connectivity index (χ0v) is 25.8. The summed E-state index contributed by atoms with van der Waals surface area (Å²) in [7, 11) is -4.01. The van der Waals surface area contributed by atoms with Crippen molar-refractivity contribution in [2.24, 2.45) is 0 Å². The molecule has 0 atom stereocenters. The number of rotatable bonds is 10. The number of aromatic nitrogens is 7. The van der Waals surface area contributed by atoms with Crippen LogP contribution in [0.3, 0.4) is 0 Å². The number of hydrogen-bond acceptors (Lipinski definition) is 12. The van der Waals surface area contributed by atoms with Crippen molar-refractivity contribution < 1.29 is 26.5 Å². The van der Waals surface area contributed by atoms with Gasteiger partial charge in [0.15, 0.2) is 17.4 Å². The maximum Gasteiger partial charge on any atom is 0.322 e. The highest BCUT2D eigenvalue weighted by Gasteiger charge is 2.23. The Kier molecular flexibility index (Phi) is 8.41. The normalized spacial score (nSPS) is 11.4. The lowest BCUT2D eigenvalue weighted by Crippen LogP contribution is -2.21. The molecule has 0 spiro atoms. The molecule has 14 nitrogen and oxygen atoms in total. The van der Waals surface area contributed by atoms with E-state index in [2.05, 4.69) is 35.2 Å². The number of anilines is 2. The second kappa shape index (κ2) is 12.8. The van der Waals surface area contributed by atoms with E-state index in [9.17, 15) is 13.2 Å². The van der Waals surface area contributed by atoms with Gasteiger partial charge in [0.1, 0.15) is 17.6 Å². The molecular weight excluding hydrogens is 629 g/mol. The van der Waals surface area contributed by atoms with Crippen molar-refractivity contribution in [1.82, 2.24) is 34.5 Å². The number of hydrogen-bond donors (Lipinski definition) is 2. The molecule has 2 aromatic carbocycles. The number of amides is 1. The summed E-state index contributed by atoms with van der Waals surface area (Å²) in [5.74, 6) is -1.68. The number of carbonyl (C=O) groups excluding carboxylic acids is 1. The molecule has 0 radical (unpaired) electrons. The van der Waals surface area contributed by atoms with E-state index >= 15 is 4.39 Å². The number of para-hydroxylation sites is 1. The lowest BCUT2D eigenvalue weighted by atomic mass is 10.1. The Morgan fingerprint density at radius 3 is 2.49 bits per heavy atom. The van der Waals surface area contributed by atoms with Gasteiger partial charge >= 0.3 is 16.1 Å². The number of nitrogens with two attached hydrogens (primary N) is 1. The van der Waals surface area contributed by atoms with Crippen LogP contribution < -0.4 is 20.0 Å². The first-order chi connectivity index (χ1) is 22.6. The number of carbonyl (C=O) groups is 1. The standard InChI is InChI=1S/C31H26FN9O5S/c1-18-10-12-34-31(39-18)45-24-9-8-21(14-23(24)32)41-27(19(2)26-28(41)29(33)38-17-37-26)20-15-35-30(36-16-20)40-25(42)11-13-47(43,44)46-22-6-4-3-5-7-22/h3-10,12,14-17H,11,13H2,1-2H3,(H2,33,37,38)(H,35,36,40,42). The fourth-order valence-electron chi connectivity index (χ4n) is 4.75. The summed E-state index contributed by atoms with van der Waals surface area (Å²) in [6.45, 7) is 3.58. The average molecular weight is 656 g/mol. The molecule has 238 valence electrons. The van der Waals surface area contributed by atoms with E-state index in [1.807, 2.05) is 6.92 Å². The first kappa shape index (κ1) is 31.0. The smallest absolute Gasteiger partial charge is 0.322 e. The Morgan fingerprint density at radius 1 is 1.00 bits per heavy atom. The third-order valence-electron chi connectivity index (χ3n) is 6.88. The minimum atomic E-state index is -4.01. The van der Waals surface area contributed by atoms with Gasteiger partial charge in [-0.1, -0.05) is 18.2 Å². The largest absolute Gasteiger partial charge is 0.421 e. The Bertz CT molecular complexity index is 2210. The first-order valence-corrected chi connectivity index (χ1v) is 15.6. The minimum absolute atomic E-state index is 0.00344. The van der Waals surface area contributed by atoms with E-state index in [1.54, 1.807) is 41.8 Å². The summed E-state index contributed by atoms with van der Waals surface area (Å²) in [6.07, 6.45) is 5.38. The van der Waals surface area contributed by atoms with Gasteiger partial charge < -0.3 is 19.2 Å². The molecule has 6 aromatic rings. The SMILES string of the molecule is Cc1ccnc(Oc2ccc(-n3c(-c4cnc(NC(=O)CCS(=O)(=O)Oc5ccccc5)nc4)c(C)c4ncnc(N)c43)cc2F)n1. The van der Waals surface area contributed by atoms with Gasteiger partial charge in [-0.2, -0.15) is 8.42 Å². The van der Waals surface area contributed by atoms with Gasteiger partial charge in [0.25, 0.3) is 0 Å². The molecule has 4 heterocycles. The van der Waals surface area contributed by atoms with Gasteiger partial charge in [-0.05, 0) is 44.2 Å². The number of nitrogens with zero attached hydrogens (tertiary/aromatic N) is 7. The molecule has 47 heavy (non-hydrogen) atoms. The zero-order valence-electron chi connectivity index (χ0n) is 25.0. The van der Waals surface area contributed by atoms with E-state index < -0.39 is 27.6 Å². The lowest BCUT2D eigenvalue weighted by Gasteiger charge is -2.14. The number of ether oxygens (including phenoxy) is 1. The van der Waals surface area contributed by atoms with Gasteiger partial charge in [-0.15, -0.1) is 0 Å². The fraction of sp³-hybridized carbons (Fsp3) is 0.129. The molecule has 0 fully saturated rings. The quantitative estimate of drug-likeness (QED) is 0.196. The summed E-state index contributed by atoms with van der Waals surface area (Å²) in [6, 6.07) is 14.0. The van der Waals surface area contributed by atoms with Crippen molar-refractivity contribution in [2.45, 2.75) is 20.3 Å². The van der Waals surface area contributed by atoms with Crippen LogP contribution in [0.1, 0.15) is 17.7 Å².